The number of hydrogen-bond acceptors (Lipinski definition) is 2. The van der Waals surface area contributed by atoms with E-state index in [1.165, 1.54) is 0 Å². The predicted octanol–water partition coefficient (Wildman–Crippen LogP) is 2.74. The molecule has 0 aromatic rings. The fraction of sp³-hybridized carbons (Fsp3) is 1.00. The second kappa shape index (κ2) is 4.38. The van der Waals surface area contributed by atoms with Crippen molar-refractivity contribution < 1.29 is 4.74 Å². The maximum Gasteiger partial charge on any atom is 0.0637 e. The molecule has 0 unspecified atom stereocenters. The molecule has 0 aromatic carbocycles. The van der Waals surface area contributed by atoms with Crippen molar-refractivity contribution in [3.05, 3.63) is 0 Å². The molecule has 0 aromatic heterocycles. The molecule has 0 radical (unpaired) electrons. The number of ether oxygens (including phenoxy) is 1. The van der Waals surface area contributed by atoms with E-state index in [0.717, 1.165) is 12.8 Å². The SMILES string of the molecule is C[C@H](N)C1CC(C)(C)OC(C)(C)C1.Cl. The van der Waals surface area contributed by atoms with Crippen molar-refractivity contribution in [3.63, 3.8) is 0 Å². The van der Waals surface area contributed by atoms with Crippen LogP contribution in [0.3, 0.4) is 0 Å². The van der Waals surface area contributed by atoms with Gasteiger partial charge in [-0.1, -0.05) is 0 Å². The Balaban J connectivity index is 0.00000169. The highest BCUT2D eigenvalue weighted by Gasteiger charge is 2.40. The van der Waals surface area contributed by atoms with Gasteiger partial charge < -0.3 is 10.5 Å². The number of nitrogens with two attached hydrogens (primary N) is 1. The van der Waals surface area contributed by atoms with E-state index in [-0.39, 0.29) is 29.7 Å². The van der Waals surface area contributed by atoms with E-state index in [1.54, 1.807) is 0 Å². The van der Waals surface area contributed by atoms with Gasteiger partial charge in [-0.15, -0.1) is 12.4 Å². The summed E-state index contributed by atoms with van der Waals surface area (Å²) in [6, 6.07) is 0.280. The second-order valence-corrected chi connectivity index (χ2v) is 5.65. The van der Waals surface area contributed by atoms with Gasteiger partial charge in [-0.2, -0.15) is 0 Å². The molecule has 0 bridgehead atoms. The summed E-state index contributed by atoms with van der Waals surface area (Å²) < 4.78 is 5.99. The molecule has 1 saturated heterocycles. The van der Waals surface area contributed by atoms with Gasteiger partial charge in [0, 0.05) is 6.04 Å². The Hall–Kier alpha value is 0.210. The summed E-state index contributed by atoms with van der Waals surface area (Å²) in [6.07, 6.45) is 2.15. The highest BCUT2D eigenvalue weighted by molar-refractivity contribution is 5.85. The van der Waals surface area contributed by atoms with Gasteiger partial charge in [0.05, 0.1) is 11.2 Å². The standard InChI is InChI=1S/C11H23NO.ClH/c1-8(12)9-6-10(2,3)13-11(4,5)7-9;/h8-9H,6-7,12H2,1-5H3;1H/t8-;/m0./s1. The van der Waals surface area contributed by atoms with Gasteiger partial charge in [-0.3, -0.25) is 0 Å². The van der Waals surface area contributed by atoms with E-state index in [9.17, 15) is 0 Å². The van der Waals surface area contributed by atoms with Crippen LogP contribution in [0, 0.1) is 5.92 Å². The zero-order valence-electron chi connectivity index (χ0n) is 9.96. The zero-order chi connectivity index (χ0) is 10.3. The molecule has 1 fully saturated rings. The average molecular weight is 222 g/mol. The van der Waals surface area contributed by atoms with Gasteiger partial charge in [0.2, 0.25) is 0 Å². The summed E-state index contributed by atoms with van der Waals surface area (Å²) in [5.74, 6) is 0.596. The van der Waals surface area contributed by atoms with Crippen molar-refractivity contribution >= 4 is 12.4 Å². The Labute approximate surface area is 94.0 Å². The quantitative estimate of drug-likeness (QED) is 0.739. The lowest BCUT2D eigenvalue weighted by Crippen LogP contribution is -2.49. The smallest absolute Gasteiger partial charge is 0.0637 e. The molecule has 0 amide bonds. The van der Waals surface area contributed by atoms with Crippen molar-refractivity contribution in [3.8, 4) is 0 Å². The first-order valence-corrected chi connectivity index (χ1v) is 5.18. The van der Waals surface area contributed by atoms with Crippen LogP contribution >= 0.6 is 12.4 Å². The third-order valence-corrected chi connectivity index (χ3v) is 2.80. The van der Waals surface area contributed by atoms with Crippen molar-refractivity contribution in [2.24, 2.45) is 11.7 Å². The number of halogens is 1. The van der Waals surface area contributed by atoms with Gasteiger partial charge in [-0.25, -0.2) is 0 Å². The molecule has 1 aliphatic heterocycles. The lowest BCUT2D eigenvalue weighted by atomic mass is 9.78. The highest BCUT2D eigenvalue weighted by Crippen LogP contribution is 2.39. The van der Waals surface area contributed by atoms with Gasteiger partial charge in [-0.05, 0) is 53.4 Å². The van der Waals surface area contributed by atoms with Crippen LogP contribution in [0.25, 0.3) is 0 Å². The van der Waals surface area contributed by atoms with E-state index < -0.39 is 0 Å². The average Bonchev–Trinajstić information content (AvgIpc) is 1.79. The normalized spacial score (nSPS) is 27.9. The molecule has 86 valence electrons. The van der Waals surface area contributed by atoms with Crippen LogP contribution in [0.1, 0.15) is 47.5 Å². The predicted molar refractivity (Wildman–Crippen MR) is 62.9 cm³/mol. The van der Waals surface area contributed by atoms with Crippen molar-refractivity contribution in [2.45, 2.75) is 64.7 Å². The Bertz CT molecular complexity index is 174. The van der Waals surface area contributed by atoms with Gasteiger partial charge >= 0.3 is 0 Å². The summed E-state index contributed by atoms with van der Waals surface area (Å²) in [6.45, 7) is 10.7. The maximum atomic E-state index is 5.99. The molecule has 1 atom stereocenters. The molecular weight excluding hydrogens is 198 g/mol. The summed E-state index contributed by atoms with van der Waals surface area (Å²) in [4.78, 5) is 0. The first-order chi connectivity index (χ1) is 5.72. The van der Waals surface area contributed by atoms with Crippen LogP contribution in [-0.2, 0) is 4.74 Å². The number of rotatable bonds is 1. The number of hydrogen-bond donors (Lipinski definition) is 1. The van der Waals surface area contributed by atoms with E-state index in [2.05, 4.69) is 34.6 Å². The van der Waals surface area contributed by atoms with E-state index in [4.69, 9.17) is 10.5 Å². The topological polar surface area (TPSA) is 35.2 Å². The Morgan fingerprint density at radius 3 is 1.79 bits per heavy atom. The van der Waals surface area contributed by atoms with E-state index >= 15 is 0 Å². The summed E-state index contributed by atoms with van der Waals surface area (Å²) in [7, 11) is 0. The van der Waals surface area contributed by atoms with Gasteiger partial charge in [0.15, 0.2) is 0 Å². The second-order valence-electron chi connectivity index (χ2n) is 5.65. The molecule has 1 rings (SSSR count). The molecule has 3 heteroatoms. The maximum absolute atomic E-state index is 5.99. The van der Waals surface area contributed by atoms with Crippen LogP contribution < -0.4 is 5.73 Å². The Morgan fingerprint density at radius 2 is 1.50 bits per heavy atom. The van der Waals surface area contributed by atoms with Crippen LogP contribution in [0.15, 0.2) is 0 Å². The molecule has 0 spiro atoms. The van der Waals surface area contributed by atoms with Crippen LogP contribution in [0.4, 0.5) is 0 Å². The molecular formula is C11H24ClNO. The summed E-state index contributed by atoms with van der Waals surface area (Å²) in [5.41, 5.74) is 5.93. The minimum atomic E-state index is -0.0138. The molecule has 0 aliphatic carbocycles. The Morgan fingerprint density at radius 1 is 1.14 bits per heavy atom. The van der Waals surface area contributed by atoms with E-state index in [0.29, 0.717) is 5.92 Å². The third-order valence-electron chi connectivity index (χ3n) is 2.80. The minimum absolute atomic E-state index is 0. The van der Waals surface area contributed by atoms with E-state index in [1.807, 2.05) is 0 Å². The third kappa shape index (κ3) is 3.76. The van der Waals surface area contributed by atoms with Crippen molar-refractivity contribution in [1.82, 2.24) is 0 Å². The van der Waals surface area contributed by atoms with Crippen LogP contribution in [0.5, 0.6) is 0 Å². The zero-order valence-corrected chi connectivity index (χ0v) is 10.8. The van der Waals surface area contributed by atoms with Crippen LogP contribution in [-0.4, -0.2) is 17.2 Å². The summed E-state index contributed by atoms with van der Waals surface area (Å²) >= 11 is 0. The molecule has 1 aliphatic rings. The lowest BCUT2D eigenvalue weighted by molar-refractivity contribution is -0.174. The van der Waals surface area contributed by atoms with Crippen LogP contribution in [0.2, 0.25) is 0 Å². The van der Waals surface area contributed by atoms with Gasteiger partial charge in [0.25, 0.3) is 0 Å². The molecule has 2 N–H and O–H groups in total. The van der Waals surface area contributed by atoms with Crippen molar-refractivity contribution in [1.29, 1.82) is 0 Å². The molecule has 0 saturated carbocycles. The van der Waals surface area contributed by atoms with Gasteiger partial charge in [0.1, 0.15) is 0 Å². The Kier molecular flexibility index (Phi) is 4.44. The lowest BCUT2D eigenvalue weighted by Gasteiger charge is -2.46. The largest absolute Gasteiger partial charge is 0.370 e. The fourth-order valence-electron chi connectivity index (χ4n) is 2.54. The molecule has 2 nitrogen and oxygen atoms in total. The molecule has 1 heterocycles. The fourth-order valence-corrected chi connectivity index (χ4v) is 2.54. The highest BCUT2D eigenvalue weighted by atomic mass is 35.5. The monoisotopic (exact) mass is 221 g/mol. The molecule has 14 heavy (non-hydrogen) atoms. The first-order valence-electron chi connectivity index (χ1n) is 5.18. The first kappa shape index (κ1) is 14.2. The summed E-state index contributed by atoms with van der Waals surface area (Å²) in [5, 5.41) is 0. The minimum Gasteiger partial charge on any atom is -0.370 e. The van der Waals surface area contributed by atoms with Crippen molar-refractivity contribution in [2.75, 3.05) is 0 Å².